The third kappa shape index (κ3) is 4.54. The third-order valence-electron chi connectivity index (χ3n) is 3.43. The minimum Gasteiger partial charge on any atom is -0.321 e. The molecule has 2 heterocycles. The second kappa shape index (κ2) is 7.76. The molecule has 0 bridgehead atoms. The van der Waals surface area contributed by atoms with Crippen molar-refractivity contribution in [2.45, 2.75) is 10.6 Å². The normalized spacial score (nSPS) is 10.4. The molecule has 3 rings (SSSR count). The highest BCUT2D eigenvalue weighted by Gasteiger charge is 2.09. The van der Waals surface area contributed by atoms with E-state index in [4.69, 9.17) is 0 Å². The van der Waals surface area contributed by atoms with E-state index in [1.54, 1.807) is 18.0 Å². The lowest BCUT2D eigenvalue weighted by Gasteiger charge is -2.07. The van der Waals surface area contributed by atoms with Gasteiger partial charge in [-0.05, 0) is 42.0 Å². The average Bonchev–Trinajstić information content (AvgIpc) is 2.64. The van der Waals surface area contributed by atoms with E-state index in [-0.39, 0.29) is 17.2 Å². The van der Waals surface area contributed by atoms with Crippen LogP contribution in [-0.4, -0.2) is 20.7 Å². The molecule has 1 N–H and O–H groups in total. The number of nitrogens with zero attached hydrogens (tertiary/aromatic N) is 3. The van der Waals surface area contributed by atoms with Gasteiger partial charge in [-0.1, -0.05) is 6.07 Å². The van der Waals surface area contributed by atoms with Crippen molar-refractivity contribution >= 4 is 23.4 Å². The van der Waals surface area contributed by atoms with Crippen LogP contribution in [0.5, 0.6) is 0 Å². The molecule has 0 aliphatic rings. The summed E-state index contributed by atoms with van der Waals surface area (Å²) in [7, 11) is 1.51. The summed E-state index contributed by atoms with van der Waals surface area (Å²) in [6.07, 6.45) is 3.60. The van der Waals surface area contributed by atoms with E-state index in [1.807, 2.05) is 42.6 Å². The minimum atomic E-state index is -0.355. The number of carbonyl (C=O) groups is 1. The zero-order valence-corrected chi connectivity index (χ0v) is 14.4. The lowest BCUT2D eigenvalue weighted by Crippen LogP contribution is -2.23. The molecule has 126 valence electrons. The number of rotatable bonds is 5. The van der Waals surface area contributed by atoms with E-state index < -0.39 is 0 Å². The molecule has 0 aliphatic carbocycles. The van der Waals surface area contributed by atoms with Gasteiger partial charge in [0.25, 0.3) is 11.5 Å². The number of benzene rings is 1. The molecule has 0 radical (unpaired) electrons. The van der Waals surface area contributed by atoms with Crippen LogP contribution in [0.25, 0.3) is 0 Å². The summed E-state index contributed by atoms with van der Waals surface area (Å²) in [5.74, 6) is 0.480. The van der Waals surface area contributed by atoms with Crippen LogP contribution in [-0.2, 0) is 12.8 Å². The Balaban J connectivity index is 1.61. The number of aromatic nitrogens is 3. The molecule has 0 saturated heterocycles. The van der Waals surface area contributed by atoms with E-state index >= 15 is 0 Å². The topological polar surface area (TPSA) is 76.9 Å². The Morgan fingerprint density at radius 2 is 1.96 bits per heavy atom. The van der Waals surface area contributed by atoms with Crippen molar-refractivity contribution in [1.29, 1.82) is 0 Å². The molecule has 6 nitrogen and oxygen atoms in total. The Labute approximate surface area is 148 Å². The summed E-state index contributed by atoms with van der Waals surface area (Å²) >= 11 is 1.70. The van der Waals surface area contributed by atoms with Crippen molar-refractivity contribution in [1.82, 2.24) is 14.8 Å². The molecule has 0 fully saturated rings. The number of anilines is 1. The number of aryl methyl sites for hydroxylation is 1. The molecule has 1 aromatic carbocycles. The summed E-state index contributed by atoms with van der Waals surface area (Å²) < 4.78 is 1.13. The molecule has 25 heavy (non-hydrogen) atoms. The Morgan fingerprint density at radius 3 is 2.64 bits per heavy atom. The zero-order chi connectivity index (χ0) is 17.6. The van der Waals surface area contributed by atoms with Crippen LogP contribution in [0.15, 0.2) is 70.6 Å². The first-order chi connectivity index (χ1) is 12.1. The highest BCUT2D eigenvalue weighted by Crippen LogP contribution is 2.24. The third-order valence-corrected chi connectivity index (χ3v) is 4.52. The van der Waals surface area contributed by atoms with Gasteiger partial charge in [-0.2, -0.15) is 5.10 Å². The Bertz CT molecular complexity index is 924. The number of carbonyl (C=O) groups excluding carboxylic acids is 1. The molecule has 1 amide bonds. The second-order valence-corrected chi connectivity index (χ2v) is 6.36. The van der Waals surface area contributed by atoms with Crippen molar-refractivity contribution in [3.8, 4) is 0 Å². The van der Waals surface area contributed by atoms with Crippen LogP contribution < -0.4 is 10.9 Å². The maximum atomic E-state index is 12.2. The van der Waals surface area contributed by atoms with E-state index in [1.165, 1.54) is 19.2 Å². The predicted octanol–water partition coefficient (Wildman–Crippen LogP) is 2.72. The maximum Gasteiger partial charge on any atom is 0.276 e. The van der Waals surface area contributed by atoms with Crippen molar-refractivity contribution in [3.63, 3.8) is 0 Å². The highest BCUT2D eigenvalue weighted by atomic mass is 32.2. The predicted molar refractivity (Wildman–Crippen MR) is 97.7 cm³/mol. The fraction of sp³-hybridized carbons (Fsp3) is 0.111. The summed E-state index contributed by atoms with van der Waals surface area (Å²) in [6.45, 7) is 0. The molecule has 7 heteroatoms. The van der Waals surface area contributed by atoms with Crippen molar-refractivity contribution in [3.05, 3.63) is 82.5 Å². The first-order valence-electron chi connectivity index (χ1n) is 7.59. The van der Waals surface area contributed by atoms with Crippen LogP contribution in [0, 0.1) is 0 Å². The molecular formula is C18H16N4O2S. The van der Waals surface area contributed by atoms with E-state index in [2.05, 4.69) is 15.4 Å². The number of hydrogen-bond acceptors (Lipinski definition) is 5. The summed E-state index contributed by atoms with van der Waals surface area (Å²) in [6, 6.07) is 14.3. The van der Waals surface area contributed by atoms with Crippen LogP contribution in [0.1, 0.15) is 16.1 Å². The van der Waals surface area contributed by atoms with Gasteiger partial charge in [0.15, 0.2) is 0 Å². The summed E-state index contributed by atoms with van der Waals surface area (Å²) in [5.41, 5.74) is 1.76. The number of hydrogen-bond donors (Lipinski definition) is 1. The van der Waals surface area contributed by atoms with Crippen LogP contribution in [0.2, 0.25) is 0 Å². The molecule has 3 aromatic rings. The smallest absolute Gasteiger partial charge is 0.276 e. The molecule has 0 saturated carbocycles. The number of thioether (sulfide) groups is 1. The van der Waals surface area contributed by atoms with E-state index in [0.29, 0.717) is 5.69 Å². The highest BCUT2D eigenvalue weighted by molar-refractivity contribution is 7.98. The quantitative estimate of drug-likeness (QED) is 0.715. The molecule has 0 aliphatic heterocycles. The van der Waals surface area contributed by atoms with Crippen LogP contribution in [0.3, 0.4) is 0 Å². The maximum absolute atomic E-state index is 12.2. The Hall–Kier alpha value is -2.93. The van der Waals surface area contributed by atoms with Gasteiger partial charge in [-0.3, -0.25) is 14.6 Å². The Morgan fingerprint density at radius 1 is 1.16 bits per heavy atom. The lowest BCUT2D eigenvalue weighted by atomic mass is 10.3. The largest absolute Gasteiger partial charge is 0.321 e. The van der Waals surface area contributed by atoms with E-state index in [9.17, 15) is 9.59 Å². The van der Waals surface area contributed by atoms with Crippen LogP contribution in [0.4, 0.5) is 5.69 Å². The van der Waals surface area contributed by atoms with Crippen molar-refractivity contribution in [2.75, 3.05) is 5.32 Å². The second-order valence-electron chi connectivity index (χ2n) is 5.31. The van der Waals surface area contributed by atoms with Gasteiger partial charge in [0, 0.05) is 41.8 Å². The van der Waals surface area contributed by atoms with Gasteiger partial charge >= 0.3 is 0 Å². The zero-order valence-electron chi connectivity index (χ0n) is 13.5. The van der Waals surface area contributed by atoms with Crippen LogP contribution >= 0.6 is 11.8 Å². The summed E-state index contributed by atoms with van der Waals surface area (Å²) in [5, 5.41) is 6.70. The summed E-state index contributed by atoms with van der Waals surface area (Å²) in [4.78, 5) is 28.7. The molecule has 0 atom stereocenters. The minimum absolute atomic E-state index is 0.192. The van der Waals surface area contributed by atoms with E-state index in [0.717, 1.165) is 20.9 Å². The van der Waals surface area contributed by atoms with Crippen molar-refractivity contribution < 1.29 is 4.79 Å². The number of amides is 1. The first kappa shape index (κ1) is 16.9. The Kier molecular flexibility index (Phi) is 5.25. The molecule has 2 aromatic heterocycles. The fourth-order valence-electron chi connectivity index (χ4n) is 2.10. The van der Waals surface area contributed by atoms with Gasteiger partial charge in [-0.25, -0.2) is 4.68 Å². The molecular weight excluding hydrogens is 336 g/mol. The molecule has 0 unspecified atom stereocenters. The first-order valence-corrected chi connectivity index (χ1v) is 8.58. The van der Waals surface area contributed by atoms with Gasteiger partial charge in [0.2, 0.25) is 0 Å². The molecule has 0 spiro atoms. The fourth-order valence-corrected chi connectivity index (χ4v) is 2.94. The van der Waals surface area contributed by atoms with Gasteiger partial charge < -0.3 is 5.32 Å². The number of pyridine rings is 1. The average molecular weight is 352 g/mol. The van der Waals surface area contributed by atoms with Gasteiger partial charge in [0.1, 0.15) is 5.69 Å². The SMILES string of the molecule is Cn1nc(C(=O)Nc2ccc(SCc3cccnc3)cc2)ccc1=O. The monoisotopic (exact) mass is 352 g/mol. The van der Waals surface area contributed by atoms with Crippen molar-refractivity contribution in [2.24, 2.45) is 7.05 Å². The number of nitrogens with one attached hydrogen (secondary N) is 1. The van der Waals surface area contributed by atoms with Gasteiger partial charge in [-0.15, -0.1) is 11.8 Å². The standard InChI is InChI=1S/C18H16N4O2S/c1-22-17(23)9-8-16(21-22)18(24)20-14-4-6-15(7-5-14)25-12-13-3-2-10-19-11-13/h2-11H,12H2,1H3,(H,20,24). The van der Waals surface area contributed by atoms with Gasteiger partial charge in [0.05, 0.1) is 0 Å². The lowest BCUT2D eigenvalue weighted by molar-refractivity contribution is 0.102.